The molecule has 4 aromatic rings. The number of benzene rings is 4. The van der Waals surface area contributed by atoms with Gasteiger partial charge in [-0.05, 0) is 72.8 Å². The molecular weight excluding hydrogens is 512 g/mol. The molecule has 2 aliphatic rings. The molecule has 0 N–H and O–H groups in total. The van der Waals surface area contributed by atoms with Crippen LogP contribution in [0.25, 0.3) is 0 Å². The van der Waals surface area contributed by atoms with Gasteiger partial charge in [-0.15, -0.1) is 0 Å². The molecule has 0 spiro atoms. The van der Waals surface area contributed by atoms with Gasteiger partial charge in [0.15, 0.2) is 5.78 Å². The Kier molecular flexibility index (Phi) is 5.76. The molecule has 2 aliphatic heterocycles. The Labute approximate surface area is 228 Å². The zero-order valence-electron chi connectivity index (χ0n) is 21.3. The summed E-state index contributed by atoms with van der Waals surface area (Å²) in [6, 6.07) is 21.6. The van der Waals surface area contributed by atoms with Gasteiger partial charge in [0.1, 0.15) is 11.5 Å². The third-order valence-corrected chi connectivity index (χ3v) is 6.96. The van der Waals surface area contributed by atoms with E-state index in [0.29, 0.717) is 22.9 Å². The van der Waals surface area contributed by atoms with Crippen molar-refractivity contribution in [2.75, 3.05) is 24.0 Å². The second-order valence-corrected chi connectivity index (χ2v) is 9.14. The number of ketones is 1. The van der Waals surface area contributed by atoms with Crippen LogP contribution in [0.2, 0.25) is 0 Å². The van der Waals surface area contributed by atoms with E-state index >= 15 is 0 Å². The fraction of sp³-hybridized carbons (Fsp3) is 0.0645. The highest BCUT2D eigenvalue weighted by molar-refractivity contribution is 6.36. The quantitative estimate of drug-likeness (QED) is 0.265. The van der Waals surface area contributed by atoms with E-state index in [1.807, 2.05) is 0 Å². The van der Waals surface area contributed by atoms with Crippen molar-refractivity contribution in [2.24, 2.45) is 0 Å². The lowest BCUT2D eigenvalue weighted by molar-refractivity contribution is 0.0910. The Morgan fingerprint density at radius 2 is 0.850 bits per heavy atom. The minimum absolute atomic E-state index is 0.102. The summed E-state index contributed by atoms with van der Waals surface area (Å²) in [4.78, 5) is 67.9. The molecule has 9 nitrogen and oxygen atoms in total. The molecule has 0 atom stereocenters. The van der Waals surface area contributed by atoms with E-state index in [4.69, 9.17) is 9.47 Å². The first kappa shape index (κ1) is 24.7. The molecule has 0 fully saturated rings. The number of rotatable bonds is 6. The van der Waals surface area contributed by atoms with Crippen LogP contribution < -0.4 is 19.3 Å². The Morgan fingerprint density at radius 3 is 1.20 bits per heavy atom. The molecule has 4 aromatic carbocycles. The van der Waals surface area contributed by atoms with E-state index in [9.17, 15) is 24.0 Å². The smallest absolute Gasteiger partial charge is 0.266 e. The Bertz CT molecular complexity index is 1630. The van der Waals surface area contributed by atoms with Crippen LogP contribution in [0.1, 0.15) is 57.4 Å². The number of hydrogen-bond acceptors (Lipinski definition) is 7. The van der Waals surface area contributed by atoms with Crippen molar-refractivity contribution in [1.29, 1.82) is 0 Å². The number of hydrogen-bond donors (Lipinski definition) is 0. The van der Waals surface area contributed by atoms with Gasteiger partial charge in [0.05, 0.1) is 47.8 Å². The van der Waals surface area contributed by atoms with E-state index in [1.54, 1.807) is 48.5 Å². The molecule has 0 bridgehead atoms. The van der Waals surface area contributed by atoms with E-state index in [-0.39, 0.29) is 33.4 Å². The number of fused-ring (bicyclic) bond motifs is 2. The number of methoxy groups -OCH3 is 2. The average molecular weight is 533 g/mol. The monoisotopic (exact) mass is 532 g/mol. The first-order valence-corrected chi connectivity index (χ1v) is 12.2. The van der Waals surface area contributed by atoms with Gasteiger partial charge in [0.25, 0.3) is 23.6 Å². The zero-order chi connectivity index (χ0) is 28.1. The van der Waals surface area contributed by atoms with Crippen LogP contribution in [0.3, 0.4) is 0 Å². The molecule has 0 unspecified atom stereocenters. The molecule has 6 rings (SSSR count). The zero-order valence-corrected chi connectivity index (χ0v) is 21.3. The fourth-order valence-electron chi connectivity index (χ4n) is 4.86. The summed E-state index contributed by atoms with van der Waals surface area (Å²) in [5.41, 5.74) is 1.66. The standard InChI is InChI=1S/C31H20N2O7/c1-39-21-9-5-19(6-10-21)32-28(35)23-13-3-17(15-25(23)30(32)37)27(34)18-4-14-24-26(16-18)31(38)33(29(24)36)20-7-11-22(40-2)12-8-20/h3-16H,1-2H3. The van der Waals surface area contributed by atoms with E-state index in [2.05, 4.69) is 0 Å². The lowest BCUT2D eigenvalue weighted by atomic mass is 9.96. The average Bonchev–Trinajstić information content (AvgIpc) is 3.40. The second kappa shape index (κ2) is 9.32. The summed E-state index contributed by atoms with van der Waals surface area (Å²) >= 11 is 0. The van der Waals surface area contributed by atoms with Crippen LogP contribution in [0, 0.1) is 0 Å². The van der Waals surface area contributed by atoms with Gasteiger partial charge in [-0.2, -0.15) is 0 Å². The summed E-state index contributed by atoms with van der Waals surface area (Å²) in [7, 11) is 3.03. The molecular formula is C31H20N2O7. The second-order valence-electron chi connectivity index (χ2n) is 9.14. The topological polar surface area (TPSA) is 110 Å². The van der Waals surface area contributed by atoms with Crippen molar-refractivity contribution in [2.45, 2.75) is 0 Å². The maximum atomic E-state index is 13.4. The van der Waals surface area contributed by atoms with E-state index in [1.165, 1.54) is 50.6 Å². The van der Waals surface area contributed by atoms with Crippen LogP contribution in [-0.4, -0.2) is 43.6 Å². The van der Waals surface area contributed by atoms with Gasteiger partial charge < -0.3 is 9.47 Å². The van der Waals surface area contributed by atoms with E-state index in [0.717, 1.165) is 9.80 Å². The molecule has 40 heavy (non-hydrogen) atoms. The normalized spacial score (nSPS) is 13.9. The van der Waals surface area contributed by atoms with Crippen molar-refractivity contribution >= 4 is 40.8 Å². The molecule has 196 valence electrons. The van der Waals surface area contributed by atoms with Crippen molar-refractivity contribution in [3.05, 3.63) is 118 Å². The predicted octanol–water partition coefficient (Wildman–Crippen LogP) is 4.54. The molecule has 0 radical (unpaired) electrons. The highest BCUT2D eigenvalue weighted by atomic mass is 16.5. The van der Waals surface area contributed by atoms with Crippen LogP contribution in [0.4, 0.5) is 11.4 Å². The number of nitrogens with zero attached hydrogens (tertiary/aromatic N) is 2. The van der Waals surface area contributed by atoms with Crippen LogP contribution >= 0.6 is 0 Å². The van der Waals surface area contributed by atoms with Crippen molar-refractivity contribution in [1.82, 2.24) is 0 Å². The number of anilines is 2. The Morgan fingerprint density at radius 1 is 0.500 bits per heavy atom. The van der Waals surface area contributed by atoms with Crippen molar-refractivity contribution in [3.63, 3.8) is 0 Å². The molecule has 0 aromatic heterocycles. The van der Waals surface area contributed by atoms with Crippen molar-refractivity contribution in [3.8, 4) is 11.5 Å². The highest BCUT2D eigenvalue weighted by Gasteiger charge is 2.39. The molecule has 2 heterocycles. The van der Waals surface area contributed by atoms with Crippen LogP contribution in [0.15, 0.2) is 84.9 Å². The van der Waals surface area contributed by atoms with Gasteiger partial charge in [0.2, 0.25) is 0 Å². The summed E-state index contributed by atoms with van der Waals surface area (Å²) < 4.78 is 10.3. The van der Waals surface area contributed by atoms with E-state index < -0.39 is 29.4 Å². The van der Waals surface area contributed by atoms with Crippen LogP contribution in [0.5, 0.6) is 11.5 Å². The van der Waals surface area contributed by atoms with Gasteiger partial charge in [-0.1, -0.05) is 12.1 Å². The lowest BCUT2D eigenvalue weighted by Gasteiger charge is -2.14. The fourth-order valence-corrected chi connectivity index (χ4v) is 4.86. The molecule has 4 amide bonds. The number of amides is 4. The van der Waals surface area contributed by atoms with Gasteiger partial charge in [-0.3, -0.25) is 24.0 Å². The minimum atomic E-state index is -0.551. The molecule has 9 heteroatoms. The summed E-state index contributed by atoms with van der Waals surface area (Å²) in [5, 5.41) is 0. The third kappa shape index (κ3) is 3.75. The molecule has 0 saturated carbocycles. The minimum Gasteiger partial charge on any atom is -0.497 e. The third-order valence-electron chi connectivity index (χ3n) is 6.96. The summed E-state index contributed by atoms with van der Waals surface area (Å²) in [6.45, 7) is 0. The lowest BCUT2D eigenvalue weighted by Crippen LogP contribution is -2.29. The highest BCUT2D eigenvalue weighted by Crippen LogP contribution is 2.33. The number of carbonyl (C=O) groups excluding carboxylic acids is 5. The maximum absolute atomic E-state index is 13.4. The Balaban J connectivity index is 1.29. The summed E-state index contributed by atoms with van der Waals surface area (Å²) in [6.07, 6.45) is 0. The number of imide groups is 2. The van der Waals surface area contributed by atoms with Gasteiger partial charge >= 0.3 is 0 Å². The Hall–Kier alpha value is -5.57. The first-order chi connectivity index (χ1) is 19.3. The van der Waals surface area contributed by atoms with Gasteiger partial charge in [-0.25, -0.2) is 9.80 Å². The summed E-state index contributed by atoms with van der Waals surface area (Å²) in [5.74, 6) is -1.40. The molecule has 0 saturated heterocycles. The van der Waals surface area contributed by atoms with Crippen molar-refractivity contribution < 1.29 is 33.4 Å². The predicted molar refractivity (Wildman–Crippen MR) is 145 cm³/mol. The number of ether oxygens (including phenoxy) is 2. The van der Waals surface area contributed by atoms with Crippen LogP contribution in [-0.2, 0) is 0 Å². The first-order valence-electron chi connectivity index (χ1n) is 12.2. The number of carbonyl (C=O) groups is 5. The maximum Gasteiger partial charge on any atom is 0.266 e. The van der Waals surface area contributed by atoms with Gasteiger partial charge in [0, 0.05) is 11.1 Å². The largest absolute Gasteiger partial charge is 0.497 e. The SMILES string of the molecule is COc1ccc(N2C(=O)c3ccc(C(=O)c4ccc5c(c4)C(=O)N(c4ccc(OC)cc4)C5=O)cc3C2=O)cc1. The molecule has 0 aliphatic carbocycles.